The lowest BCUT2D eigenvalue weighted by atomic mass is 9.66. The van der Waals surface area contributed by atoms with E-state index in [1.165, 1.54) is 12.5 Å². The number of likely N-dealkylation sites (tertiary alicyclic amines) is 1. The Balaban J connectivity index is 1.39. The zero-order valence-electron chi connectivity index (χ0n) is 14.5. The Kier molecular flexibility index (Phi) is 4.83. The van der Waals surface area contributed by atoms with E-state index in [1.807, 2.05) is 4.90 Å². The van der Waals surface area contributed by atoms with Gasteiger partial charge in [0.25, 0.3) is 5.91 Å². The van der Waals surface area contributed by atoms with Crippen LogP contribution in [0.2, 0.25) is 0 Å². The molecule has 0 aliphatic carbocycles. The first kappa shape index (κ1) is 17.0. The van der Waals surface area contributed by atoms with E-state index < -0.39 is 0 Å². The minimum atomic E-state index is -0.0134. The first-order valence-corrected chi connectivity index (χ1v) is 8.92. The summed E-state index contributed by atoms with van der Waals surface area (Å²) in [5, 5.41) is 3.62. The Morgan fingerprint density at radius 2 is 2.15 bits per heavy atom. The molecule has 2 aromatic heterocycles. The van der Waals surface area contributed by atoms with Gasteiger partial charge in [-0.2, -0.15) is 0 Å². The minimum Gasteiger partial charge on any atom is -0.476 e. The van der Waals surface area contributed by atoms with Crippen LogP contribution in [-0.4, -0.2) is 58.8 Å². The number of rotatable bonds is 4. The SMILES string of the molecule is O=C(c1cnoc1)N1CCC2(CCOCC2COc2cnccn2)CC1. The van der Waals surface area contributed by atoms with Crippen molar-refractivity contribution in [2.75, 3.05) is 32.9 Å². The normalized spacial score (nSPS) is 22.3. The van der Waals surface area contributed by atoms with Gasteiger partial charge in [0, 0.05) is 38.0 Å². The number of ether oxygens (including phenoxy) is 2. The number of amides is 1. The minimum absolute atomic E-state index is 0.0134. The fourth-order valence-electron chi connectivity index (χ4n) is 3.96. The Labute approximate surface area is 151 Å². The van der Waals surface area contributed by atoms with E-state index in [0.29, 0.717) is 24.7 Å². The maximum absolute atomic E-state index is 12.5. The molecule has 0 N–H and O–H groups in total. The van der Waals surface area contributed by atoms with Gasteiger partial charge in [0.15, 0.2) is 0 Å². The predicted molar refractivity (Wildman–Crippen MR) is 90.5 cm³/mol. The number of nitrogens with zero attached hydrogens (tertiary/aromatic N) is 4. The van der Waals surface area contributed by atoms with Gasteiger partial charge in [-0.1, -0.05) is 5.16 Å². The molecule has 2 aliphatic heterocycles. The Bertz CT molecular complexity index is 714. The highest BCUT2D eigenvalue weighted by Crippen LogP contribution is 2.45. The molecule has 1 amide bonds. The van der Waals surface area contributed by atoms with Crippen LogP contribution in [0.25, 0.3) is 0 Å². The van der Waals surface area contributed by atoms with Crippen LogP contribution in [0.15, 0.2) is 35.6 Å². The summed E-state index contributed by atoms with van der Waals surface area (Å²) < 4.78 is 16.4. The largest absolute Gasteiger partial charge is 0.476 e. The van der Waals surface area contributed by atoms with E-state index >= 15 is 0 Å². The molecule has 1 unspecified atom stereocenters. The molecule has 4 heterocycles. The Morgan fingerprint density at radius 3 is 2.88 bits per heavy atom. The molecule has 4 rings (SSSR count). The van der Waals surface area contributed by atoms with Crippen molar-refractivity contribution in [3.05, 3.63) is 36.6 Å². The molecule has 0 saturated carbocycles. The van der Waals surface area contributed by atoms with Crippen molar-refractivity contribution in [1.82, 2.24) is 20.0 Å². The zero-order valence-corrected chi connectivity index (χ0v) is 14.5. The van der Waals surface area contributed by atoms with Gasteiger partial charge in [0.2, 0.25) is 5.88 Å². The molecule has 8 nitrogen and oxygen atoms in total. The van der Waals surface area contributed by atoms with Gasteiger partial charge >= 0.3 is 0 Å². The molecule has 0 bridgehead atoms. The number of hydrogen-bond acceptors (Lipinski definition) is 7. The second-order valence-corrected chi connectivity index (χ2v) is 6.94. The van der Waals surface area contributed by atoms with Crippen LogP contribution in [0.4, 0.5) is 0 Å². The van der Waals surface area contributed by atoms with Crippen molar-refractivity contribution in [2.24, 2.45) is 11.3 Å². The quantitative estimate of drug-likeness (QED) is 0.823. The molecular formula is C18H22N4O4. The van der Waals surface area contributed by atoms with Crippen molar-refractivity contribution in [3.8, 4) is 5.88 Å². The van der Waals surface area contributed by atoms with E-state index in [4.69, 9.17) is 14.0 Å². The van der Waals surface area contributed by atoms with Crippen molar-refractivity contribution < 1.29 is 18.8 Å². The molecule has 2 saturated heterocycles. The molecule has 2 aliphatic rings. The number of carbonyl (C=O) groups is 1. The summed E-state index contributed by atoms with van der Waals surface area (Å²) in [5.74, 6) is 0.805. The van der Waals surface area contributed by atoms with Gasteiger partial charge in [0.1, 0.15) is 6.26 Å². The molecule has 1 atom stereocenters. The lowest BCUT2D eigenvalue weighted by molar-refractivity contribution is -0.0826. The van der Waals surface area contributed by atoms with Crippen molar-refractivity contribution in [2.45, 2.75) is 19.3 Å². The molecule has 8 heteroatoms. The maximum atomic E-state index is 12.5. The highest BCUT2D eigenvalue weighted by atomic mass is 16.5. The standard InChI is InChI=1S/C18H22N4O4/c23-17(14-9-21-26-11-14)22-6-1-18(2-7-22)3-8-24-12-15(18)13-25-16-10-19-4-5-20-16/h4-5,9-11,15H,1-3,6-8,12-13H2. The third-order valence-corrected chi connectivity index (χ3v) is 5.63. The smallest absolute Gasteiger partial charge is 0.258 e. The average molecular weight is 358 g/mol. The number of piperidine rings is 1. The van der Waals surface area contributed by atoms with Crippen LogP contribution in [0.3, 0.4) is 0 Å². The van der Waals surface area contributed by atoms with Crippen molar-refractivity contribution in [1.29, 1.82) is 0 Å². The number of aromatic nitrogens is 3. The van der Waals surface area contributed by atoms with E-state index in [-0.39, 0.29) is 17.2 Å². The lowest BCUT2D eigenvalue weighted by Crippen LogP contribution is -2.50. The van der Waals surface area contributed by atoms with Crippen LogP contribution >= 0.6 is 0 Å². The lowest BCUT2D eigenvalue weighted by Gasteiger charge is -2.48. The fraction of sp³-hybridized carbons (Fsp3) is 0.556. The van der Waals surface area contributed by atoms with Crippen molar-refractivity contribution in [3.63, 3.8) is 0 Å². The maximum Gasteiger partial charge on any atom is 0.258 e. The molecule has 0 radical (unpaired) electrons. The zero-order chi connectivity index (χ0) is 17.8. The highest BCUT2D eigenvalue weighted by molar-refractivity contribution is 5.93. The summed E-state index contributed by atoms with van der Waals surface area (Å²) in [5.41, 5.74) is 0.654. The van der Waals surface area contributed by atoms with E-state index in [9.17, 15) is 4.79 Å². The molecular weight excluding hydrogens is 336 g/mol. The van der Waals surface area contributed by atoms with E-state index in [1.54, 1.807) is 18.6 Å². The molecule has 2 fully saturated rings. The van der Waals surface area contributed by atoms with Crippen LogP contribution < -0.4 is 4.74 Å². The third kappa shape index (κ3) is 3.41. The van der Waals surface area contributed by atoms with E-state index in [0.717, 1.165) is 39.0 Å². The molecule has 0 aromatic carbocycles. The summed E-state index contributed by atoms with van der Waals surface area (Å²) in [7, 11) is 0. The number of carbonyl (C=O) groups excluding carboxylic acids is 1. The van der Waals surface area contributed by atoms with Crippen LogP contribution in [0.1, 0.15) is 29.6 Å². The molecule has 26 heavy (non-hydrogen) atoms. The fourth-order valence-corrected chi connectivity index (χ4v) is 3.96. The van der Waals surface area contributed by atoms with Gasteiger partial charge < -0.3 is 18.9 Å². The monoisotopic (exact) mass is 358 g/mol. The van der Waals surface area contributed by atoms with Gasteiger partial charge in [-0.15, -0.1) is 0 Å². The molecule has 2 aromatic rings. The Hall–Kier alpha value is -2.48. The topological polar surface area (TPSA) is 90.6 Å². The average Bonchev–Trinajstić information content (AvgIpc) is 3.23. The van der Waals surface area contributed by atoms with Gasteiger partial charge in [-0.25, -0.2) is 4.98 Å². The van der Waals surface area contributed by atoms with Crippen LogP contribution in [0.5, 0.6) is 5.88 Å². The Morgan fingerprint density at radius 1 is 1.27 bits per heavy atom. The summed E-state index contributed by atoms with van der Waals surface area (Å²) >= 11 is 0. The van der Waals surface area contributed by atoms with Gasteiger partial charge in [-0.3, -0.25) is 9.78 Å². The second-order valence-electron chi connectivity index (χ2n) is 6.94. The first-order chi connectivity index (χ1) is 12.8. The summed E-state index contributed by atoms with van der Waals surface area (Å²) in [6.45, 7) is 3.46. The van der Waals surface area contributed by atoms with Crippen molar-refractivity contribution >= 4 is 5.91 Å². The molecule has 1 spiro atoms. The highest BCUT2D eigenvalue weighted by Gasteiger charge is 2.44. The summed E-state index contributed by atoms with van der Waals surface area (Å²) in [6, 6.07) is 0. The third-order valence-electron chi connectivity index (χ3n) is 5.63. The second kappa shape index (κ2) is 7.41. The summed E-state index contributed by atoms with van der Waals surface area (Å²) in [4.78, 5) is 22.6. The van der Waals surface area contributed by atoms with Crippen LogP contribution in [-0.2, 0) is 4.74 Å². The van der Waals surface area contributed by atoms with Gasteiger partial charge in [0.05, 0.1) is 31.2 Å². The van der Waals surface area contributed by atoms with E-state index in [2.05, 4.69) is 15.1 Å². The van der Waals surface area contributed by atoms with Gasteiger partial charge in [-0.05, 0) is 24.7 Å². The predicted octanol–water partition coefficient (Wildman–Crippen LogP) is 1.80. The first-order valence-electron chi connectivity index (χ1n) is 8.92. The molecule has 138 valence electrons. The van der Waals surface area contributed by atoms with Crippen LogP contribution in [0, 0.1) is 11.3 Å². The number of hydrogen-bond donors (Lipinski definition) is 0. The summed E-state index contributed by atoms with van der Waals surface area (Å²) in [6.07, 6.45) is 10.6.